The van der Waals surface area contributed by atoms with Gasteiger partial charge in [0.25, 0.3) is 5.69 Å². The lowest BCUT2D eigenvalue weighted by atomic mass is 10.2. The van der Waals surface area contributed by atoms with Crippen molar-refractivity contribution in [1.29, 1.82) is 0 Å². The van der Waals surface area contributed by atoms with E-state index < -0.39 is 4.92 Å². The van der Waals surface area contributed by atoms with E-state index in [1.165, 1.54) is 12.1 Å². The Balaban J connectivity index is 2.84. The molecule has 0 bridgehead atoms. The fourth-order valence-electron chi connectivity index (χ4n) is 1.36. The number of halogens is 1. The van der Waals surface area contributed by atoms with E-state index in [-0.39, 0.29) is 16.8 Å². The lowest BCUT2D eigenvalue weighted by molar-refractivity contribution is -0.384. The van der Waals surface area contributed by atoms with E-state index in [0.29, 0.717) is 5.75 Å². The predicted molar refractivity (Wildman–Crippen MR) is 63.1 cm³/mol. The second-order valence-corrected chi connectivity index (χ2v) is 3.83. The number of nitro benzene ring substituents is 1. The lowest BCUT2D eigenvalue weighted by Gasteiger charge is -2.15. The molecule has 5 heteroatoms. The van der Waals surface area contributed by atoms with Crippen molar-refractivity contribution in [2.45, 2.75) is 32.8 Å². The molecule has 0 saturated carbocycles. The molecule has 0 aliphatic heterocycles. The van der Waals surface area contributed by atoms with E-state index in [0.717, 1.165) is 12.8 Å². The second kappa shape index (κ2) is 5.70. The first-order chi connectivity index (χ1) is 7.58. The van der Waals surface area contributed by atoms with Gasteiger partial charge in [0, 0.05) is 12.1 Å². The quantitative estimate of drug-likeness (QED) is 0.584. The van der Waals surface area contributed by atoms with Gasteiger partial charge in [0.1, 0.15) is 10.8 Å². The van der Waals surface area contributed by atoms with Gasteiger partial charge in [0.05, 0.1) is 11.0 Å². The van der Waals surface area contributed by atoms with Gasteiger partial charge in [-0.2, -0.15) is 0 Å². The Hall–Kier alpha value is -1.29. The fourth-order valence-corrected chi connectivity index (χ4v) is 1.60. The number of hydrogen-bond donors (Lipinski definition) is 0. The van der Waals surface area contributed by atoms with Crippen molar-refractivity contribution in [2.75, 3.05) is 0 Å². The van der Waals surface area contributed by atoms with Crippen molar-refractivity contribution in [2.24, 2.45) is 0 Å². The van der Waals surface area contributed by atoms with Crippen LogP contribution in [-0.2, 0) is 0 Å². The Kier molecular flexibility index (Phi) is 4.55. The standard InChI is InChI=1S/C11H14ClNO3/c1-3-8(4-2)16-9-5-6-11(13(14)15)10(12)7-9/h5-8H,3-4H2,1-2H3. The van der Waals surface area contributed by atoms with Crippen molar-refractivity contribution >= 4 is 17.3 Å². The van der Waals surface area contributed by atoms with Crippen LogP contribution in [-0.4, -0.2) is 11.0 Å². The van der Waals surface area contributed by atoms with Crippen LogP contribution in [0.3, 0.4) is 0 Å². The van der Waals surface area contributed by atoms with Crippen LogP contribution in [0.2, 0.25) is 5.02 Å². The summed E-state index contributed by atoms with van der Waals surface area (Å²) in [6.07, 6.45) is 1.91. The summed E-state index contributed by atoms with van der Waals surface area (Å²) in [7, 11) is 0. The van der Waals surface area contributed by atoms with Gasteiger partial charge in [-0.25, -0.2) is 0 Å². The van der Waals surface area contributed by atoms with E-state index >= 15 is 0 Å². The summed E-state index contributed by atoms with van der Waals surface area (Å²) in [4.78, 5) is 10.0. The van der Waals surface area contributed by atoms with Gasteiger partial charge in [0.2, 0.25) is 0 Å². The smallest absolute Gasteiger partial charge is 0.288 e. The van der Waals surface area contributed by atoms with E-state index in [2.05, 4.69) is 0 Å². The summed E-state index contributed by atoms with van der Waals surface area (Å²) in [5, 5.41) is 10.7. The number of hydrogen-bond acceptors (Lipinski definition) is 3. The summed E-state index contributed by atoms with van der Waals surface area (Å²) in [5.74, 6) is 0.573. The maximum absolute atomic E-state index is 10.5. The van der Waals surface area contributed by atoms with Gasteiger partial charge in [-0.3, -0.25) is 10.1 Å². The third-order valence-electron chi connectivity index (χ3n) is 2.33. The summed E-state index contributed by atoms with van der Waals surface area (Å²) >= 11 is 5.77. The molecular formula is C11H14ClNO3. The van der Waals surface area contributed by atoms with Gasteiger partial charge < -0.3 is 4.74 Å². The molecule has 16 heavy (non-hydrogen) atoms. The zero-order valence-corrected chi connectivity index (χ0v) is 10.0. The molecule has 0 aliphatic carbocycles. The zero-order valence-electron chi connectivity index (χ0n) is 9.27. The highest BCUT2D eigenvalue weighted by Gasteiger charge is 2.13. The predicted octanol–water partition coefficient (Wildman–Crippen LogP) is 3.82. The molecule has 0 amide bonds. The number of ether oxygens (including phenoxy) is 1. The van der Waals surface area contributed by atoms with Gasteiger partial charge in [-0.15, -0.1) is 0 Å². The van der Waals surface area contributed by atoms with Crippen molar-refractivity contribution in [1.82, 2.24) is 0 Å². The third kappa shape index (κ3) is 3.10. The average molecular weight is 244 g/mol. The number of benzene rings is 1. The summed E-state index contributed by atoms with van der Waals surface area (Å²) < 4.78 is 5.62. The summed E-state index contributed by atoms with van der Waals surface area (Å²) in [6.45, 7) is 4.06. The first kappa shape index (κ1) is 12.8. The molecule has 88 valence electrons. The third-order valence-corrected chi connectivity index (χ3v) is 2.63. The highest BCUT2D eigenvalue weighted by atomic mass is 35.5. The molecule has 0 spiro atoms. The van der Waals surface area contributed by atoms with Crippen LogP contribution >= 0.6 is 11.6 Å². The van der Waals surface area contributed by atoms with E-state index in [4.69, 9.17) is 16.3 Å². The maximum atomic E-state index is 10.5. The first-order valence-corrected chi connectivity index (χ1v) is 5.56. The molecule has 0 N–H and O–H groups in total. The molecule has 4 nitrogen and oxygen atoms in total. The van der Waals surface area contributed by atoms with Gasteiger partial charge in [0.15, 0.2) is 0 Å². The van der Waals surface area contributed by atoms with Gasteiger partial charge >= 0.3 is 0 Å². The molecule has 0 heterocycles. The molecule has 0 aliphatic rings. The Morgan fingerprint density at radius 2 is 2.06 bits per heavy atom. The van der Waals surface area contributed by atoms with Crippen LogP contribution in [0.15, 0.2) is 18.2 Å². The Bertz CT molecular complexity index is 377. The fraction of sp³-hybridized carbons (Fsp3) is 0.455. The molecule has 1 rings (SSSR count). The molecule has 0 radical (unpaired) electrons. The number of nitrogens with zero attached hydrogens (tertiary/aromatic N) is 1. The topological polar surface area (TPSA) is 52.4 Å². The normalized spacial score (nSPS) is 10.5. The van der Waals surface area contributed by atoms with Crippen LogP contribution in [0.1, 0.15) is 26.7 Å². The van der Waals surface area contributed by atoms with Crippen molar-refractivity contribution < 1.29 is 9.66 Å². The van der Waals surface area contributed by atoms with E-state index in [9.17, 15) is 10.1 Å². The van der Waals surface area contributed by atoms with Crippen LogP contribution in [0.4, 0.5) is 5.69 Å². The van der Waals surface area contributed by atoms with Crippen molar-refractivity contribution in [3.8, 4) is 5.75 Å². The molecule has 1 aromatic carbocycles. The highest BCUT2D eigenvalue weighted by Crippen LogP contribution is 2.29. The van der Waals surface area contributed by atoms with Crippen LogP contribution in [0.5, 0.6) is 5.75 Å². The number of nitro groups is 1. The van der Waals surface area contributed by atoms with Crippen LogP contribution in [0, 0.1) is 10.1 Å². The highest BCUT2D eigenvalue weighted by molar-refractivity contribution is 6.32. The Morgan fingerprint density at radius 1 is 1.44 bits per heavy atom. The summed E-state index contributed by atoms with van der Waals surface area (Å²) in [5.41, 5.74) is -0.0986. The van der Waals surface area contributed by atoms with Gasteiger partial charge in [-0.05, 0) is 18.9 Å². The minimum absolute atomic E-state index is 0.0986. The summed E-state index contributed by atoms with van der Waals surface area (Å²) in [6, 6.07) is 4.42. The Labute approximate surface area is 99.3 Å². The van der Waals surface area contributed by atoms with Crippen LogP contribution in [0.25, 0.3) is 0 Å². The lowest BCUT2D eigenvalue weighted by Crippen LogP contribution is -2.13. The molecule has 0 atom stereocenters. The molecule has 0 aromatic heterocycles. The largest absolute Gasteiger partial charge is 0.490 e. The zero-order chi connectivity index (χ0) is 12.1. The SMILES string of the molecule is CCC(CC)Oc1ccc([N+](=O)[O-])c(Cl)c1. The second-order valence-electron chi connectivity index (χ2n) is 3.43. The minimum Gasteiger partial charge on any atom is -0.490 e. The first-order valence-electron chi connectivity index (χ1n) is 5.19. The minimum atomic E-state index is -0.511. The Morgan fingerprint density at radius 3 is 2.50 bits per heavy atom. The molecule has 0 fully saturated rings. The number of rotatable bonds is 5. The van der Waals surface area contributed by atoms with E-state index in [1.807, 2.05) is 13.8 Å². The molecule has 1 aromatic rings. The maximum Gasteiger partial charge on any atom is 0.288 e. The van der Waals surface area contributed by atoms with Crippen molar-refractivity contribution in [3.05, 3.63) is 33.3 Å². The van der Waals surface area contributed by atoms with Crippen LogP contribution < -0.4 is 4.74 Å². The van der Waals surface area contributed by atoms with E-state index in [1.54, 1.807) is 6.07 Å². The average Bonchev–Trinajstić information content (AvgIpc) is 2.25. The molecule has 0 saturated heterocycles. The molecular weight excluding hydrogens is 230 g/mol. The molecule has 0 unspecified atom stereocenters. The van der Waals surface area contributed by atoms with Crippen molar-refractivity contribution in [3.63, 3.8) is 0 Å². The van der Waals surface area contributed by atoms with Gasteiger partial charge in [-0.1, -0.05) is 25.4 Å². The monoisotopic (exact) mass is 243 g/mol.